The van der Waals surface area contributed by atoms with E-state index in [0.717, 1.165) is 5.56 Å². The molecule has 5 heteroatoms. The summed E-state index contributed by atoms with van der Waals surface area (Å²) in [4.78, 5) is 11.6. The van der Waals surface area contributed by atoms with Crippen molar-refractivity contribution in [1.82, 2.24) is 0 Å². The van der Waals surface area contributed by atoms with E-state index in [1.807, 2.05) is 6.92 Å². The van der Waals surface area contributed by atoms with Crippen molar-refractivity contribution < 1.29 is 19.7 Å². The Morgan fingerprint density at radius 3 is 2.50 bits per heavy atom. The number of carbonyl (C=O) groups is 1. The summed E-state index contributed by atoms with van der Waals surface area (Å²) in [6, 6.07) is 9.73. The normalized spacial score (nSPS) is 11.3. The Labute approximate surface area is 133 Å². The standard InChI is InChI=1S/C17H15ClO4/c1-10-7-12(22-2)4-5-13(10)14(17(20)21)8-11-3-6-16(19)15(18)9-11/h3-9,19H,1-2H3,(H,20,21)/b14-8-. The number of phenolic OH excluding ortho intramolecular Hbond substituents is 1. The highest BCUT2D eigenvalue weighted by Crippen LogP contribution is 2.28. The summed E-state index contributed by atoms with van der Waals surface area (Å²) in [5.74, 6) is -0.424. The number of rotatable bonds is 4. The molecule has 4 nitrogen and oxygen atoms in total. The zero-order valence-electron chi connectivity index (χ0n) is 12.1. The quantitative estimate of drug-likeness (QED) is 0.661. The minimum atomic E-state index is -1.04. The van der Waals surface area contributed by atoms with Gasteiger partial charge in [-0.05, 0) is 54.0 Å². The van der Waals surface area contributed by atoms with Crippen LogP contribution in [0, 0.1) is 6.92 Å². The molecule has 0 radical (unpaired) electrons. The Hall–Kier alpha value is -2.46. The lowest BCUT2D eigenvalue weighted by molar-refractivity contribution is -0.130. The van der Waals surface area contributed by atoms with Crippen LogP contribution in [-0.2, 0) is 4.79 Å². The van der Waals surface area contributed by atoms with Gasteiger partial charge in [-0.15, -0.1) is 0 Å². The van der Waals surface area contributed by atoms with Crippen molar-refractivity contribution in [2.24, 2.45) is 0 Å². The lowest BCUT2D eigenvalue weighted by Gasteiger charge is -2.09. The first-order chi connectivity index (χ1) is 10.4. The molecule has 0 atom stereocenters. The van der Waals surface area contributed by atoms with Gasteiger partial charge in [-0.2, -0.15) is 0 Å². The second-order valence-corrected chi connectivity index (χ2v) is 5.16. The Kier molecular flexibility index (Phi) is 4.73. The first-order valence-corrected chi connectivity index (χ1v) is 6.88. The molecule has 0 spiro atoms. The molecule has 0 saturated heterocycles. The number of hydrogen-bond acceptors (Lipinski definition) is 3. The van der Waals surface area contributed by atoms with Crippen molar-refractivity contribution in [2.75, 3.05) is 7.11 Å². The van der Waals surface area contributed by atoms with E-state index in [-0.39, 0.29) is 16.3 Å². The summed E-state index contributed by atoms with van der Waals surface area (Å²) in [5.41, 5.74) is 2.12. The van der Waals surface area contributed by atoms with E-state index in [4.69, 9.17) is 16.3 Å². The van der Waals surface area contributed by atoms with E-state index in [1.54, 1.807) is 31.4 Å². The zero-order valence-corrected chi connectivity index (χ0v) is 12.9. The number of carboxylic acid groups (broad SMARTS) is 1. The van der Waals surface area contributed by atoms with Crippen molar-refractivity contribution in [2.45, 2.75) is 6.92 Å². The number of benzene rings is 2. The van der Waals surface area contributed by atoms with Gasteiger partial charge in [0.2, 0.25) is 0 Å². The van der Waals surface area contributed by atoms with Crippen molar-refractivity contribution in [3.05, 3.63) is 58.1 Å². The number of hydrogen-bond donors (Lipinski definition) is 2. The third kappa shape index (κ3) is 3.40. The molecule has 0 aliphatic carbocycles. The average molecular weight is 319 g/mol. The summed E-state index contributed by atoms with van der Waals surface area (Å²) in [6.07, 6.45) is 1.52. The summed E-state index contributed by atoms with van der Waals surface area (Å²) in [7, 11) is 1.56. The molecule has 0 unspecified atom stereocenters. The first kappa shape index (κ1) is 15.9. The summed E-state index contributed by atoms with van der Waals surface area (Å²) in [6.45, 7) is 1.82. The van der Waals surface area contributed by atoms with Gasteiger partial charge in [-0.3, -0.25) is 0 Å². The lowest BCUT2D eigenvalue weighted by atomic mass is 9.98. The van der Waals surface area contributed by atoms with Crippen molar-refractivity contribution in [3.8, 4) is 11.5 Å². The summed E-state index contributed by atoms with van der Waals surface area (Å²) < 4.78 is 5.13. The van der Waals surface area contributed by atoms with Crippen LogP contribution in [0.25, 0.3) is 11.6 Å². The van der Waals surface area contributed by atoms with Gasteiger partial charge < -0.3 is 14.9 Å². The van der Waals surface area contributed by atoms with Gasteiger partial charge in [0.1, 0.15) is 11.5 Å². The molecule has 0 bridgehead atoms. The predicted molar refractivity (Wildman–Crippen MR) is 86.4 cm³/mol. The van der Waals surface area contributed by atoms with Crippen molar-refractivity contribution in [3.63, 3.8) is 0 Å². The van der Waals surface area contributed by atoms with Crippen LogP contribution in [0.2, 0.25) is 5.02 Å². The van der Waals surface area contributed by atoms with E-state index in [1.165, 1.54) is 18.2 Å². The van der Waals surface area contributed by atoms with E-state index in [2.05, 4.69) is 0 Å². The number of aliphatic carboxylic acids is 1. The molecule has 0 heterocycles. The van der Waals surface area contributed by atoms with Crippen LogP contribution in [0.4, 0.5) is 0 Å². The van der Waals surface area contributed by atoms with Crippen LogP contribution in [0.1, 0.15) is 16.7 Å². The Morgan fingerprint density at radius 2 is 1.95 bits per heavy atom. The monoisotopic (exact) mass is 318 g/mol. The SMILES string of the molecule is COc1ccc(/C(=C/c2ccc(O)c(Cl)c2)C(=O)O)c(C)c1. The number of halogens is 1. The molecule has 0 amide bonds. The molecule has 22 heavy (non-hydrogen) atoms. The van der Waals surface area contributed by atoms with Crippen LogP contribution in [0.5, 0.6) is 11.5 Å². The van der Waals surface area contributed by atoms with E-state index >= 15 is 0 Å². The smallest absolute Gasteiger partial charge is 0.336 e. The molecule has 0 aliphatic heterocycles. The van der Waals surface area contributed by atoms with Crippen LogP contribution < -0.4 is 4.74 Å². The van der Waals surface area contributed by atoms with Gasteiger partial charge in [0.15, 0.2) is 0 Å². The molecule has 2 rings (SSSR count). The lowest BCUT2D eigenvalue weighted by Crippen LogP contribution is -2.02. The fourth-order valence-electron chi connectivity index (χ4n) is 2.10. The second-order valence-electron chi connectivity index (χ2n) is 4.75. The van der Waals surface area contributed by atoms with Crippen molar-refractivity contribution >= 4 is 29.2 Å². The van der Waals surface area contributed by atoms with Gasteiger partial charge in [0, 0.05) is 0 Å². The van der Waals surface area contributed by atoms with Crippen LogP contribution >= 0.6 is 11.6 Å². The van der Waals surface area contributed by atoms with E-state index < -0.39 is 5.97 Å². The third-order valence-electron chi connectivity index (χ3n) is 3.24. The number of methoxy groups -OCH3 is 1. The highest BCUT2D eigenvalue weighted by Gasteiger charge is 2.14. The van der Waals surface area contributed by atoms with Crippen molar-refractivity contribution in [1.29, 1.82) is 0 Å². The number of aromatic hydroxyl groups is 1. The average Bonchev–Trinajstić information content (AvgIpc) is 2.48. The maximum atomic E-state index is 11.6. The van der Waals surface area contributed by atoms with Crippen LogP contribution in [0.15, 0.2) is 36.4 Å². The summed E-state index contributed by atoms with van der Waals surface area (Å²) >= 11 is 5.85. The topological polar surface area (TPSA) is 66.8 Å². The molecular weight excluding hydrogens is 304 g/mol. The maximum Gasteiger partial charge on any atom is 0.336 e. The number of carboxylic acids is 1. The third-order valence-corrected chi connectivity index (χ3v) is 3.54. The second kappa shape index (κ2) is 6.54. The molecule has 0 fully saturated rings. The molecule has 2 N–H and O–H groups in total. The molecule has 2 aromatic rings. The van der Waals surface area contributed by atoms with Gasteiger partial charge in [0.05, 0.1) is 17.7 Å². The predicted octanol–water partition coefficient (Wildman–Crippen LogP) is 3.99. The highest BCUT2D eigenvalue weighted by atomic mass is 35.5. The number of ether oxygens (including phenoxy) is 1. The van der Waals surface area contributed by atoms with Gasteiger partial charge in [-0.25, -0.2) is 4.79 Å². The van der Waals surface area contributed by atoms with Crippen LogP contribution in [0.3, 0.4) is 0 Å². The molecule has 0 aromatic heterocycles. The Balaban J connectivity index is 2.52. The first-order valence-electron chi connectivity index (χ1n) is 6.51. The Morgan fingerprint density at radius 1 is 1.23 bits per heavy atom. The minimum Gasteiger partial charge on any atom is -0.506 e. The van der Waals surface area contributed by atoms with E-state index in [9.17, 15) is 15.0 Å². The largest absolute Gasteiger partial charge is 0.506 e. The molecule has 2 aromatic carbocycles. The Bertz CT molecular complexity index is 750. The fourth-order valence-corrected chi connectivity index (χ4v) is 2.29. The zero-order chi connectivity index (χ0) is 16.3. The fraction of sp³-hybridized carbons (Fsp3) is 0.118. The highest BCUT2D eigenvalue weighted by molar-refractivity contribution is 6.32. The van der Waals surface area contributed by atoms with Crippen LogP contribution in [-0.4, -0.2) is 23.3 Å². The minimum absolute atomic E-state index is 0.0451. The van der Waals surface area contributed by atoms with Gasteiger partial charge in [-0.1, -0.05) is 23.7 Å². The van der Waals surface area contributed by atoms with Gasteiger partial charge >= 0.3 is 5.97 Å². The number of aryl methyl sites for hydroxylation is 1. The molecule has 0 saturated carbocycles. The molecule has 114 valence electrons. The van der Waals surface area contributed by atoms with E-state index in [0.29, 0.717) is 16.9 Å². The maximum absolute atomic E-state index is 11.6. The summed E-state index contributed by atoms with van der Waals surface area (Å²) in [5, 5.41) is 19.1. The number of phenols is 1. The molecule has 0 aliphatic rings. The van der Waals surface area contributed by atoms with Gasteiger partial charge in [0.25, 0.3) is 0 Å². The molecular formula is C17H15ClO4.